The maximum atomic E-state index is 11.0. The summed E-state index contributed by atoms with van der Waals surface area (Å²) in [7, 11) is 0. The fourth-order valence-corrected chi connectivity index (χ4v) is 14.8. The predicted molar refractivity (Wildman–Crippen MR) is 244 cm³/mol. The average molecular weight is 771 g/mol. The first-order valence-electron chi connectivity index (χ1n) is 23.0. The van der Waals surface area contributed by atoms with Crippen molar-refractivity contribution in [2.24, 2.45) is 11.8 Å². The molecule has 5 aromatic heterocycles. The van der Waals surface area contributed by atoms with Gasteiger partial charge in [0.15, 0.2) is 0 Å². The molecule has 0 spiro atoms. The average Bonchev–Trinajstić information content (AvgIpc) is 3.88. The minimum absolute atomic E-state index is 0.00679. The van der Waals surface area contributed by atoms with Crippen LogP contribution in [-0.2, 0) is 21.7 Å². The third-order valence-electron chi connectivity index (χ3n) is 17.7. The van der Waals surface area contributed by atoms with Crippen molar-refractivity contribution in [2.45, 2.75) is 147 Å². The van der Waals surface area contributed by atoms with E-state index in [0.717, 1.165) is 17.4 Å². The lowest BCUT2D eigenvalue weighted by Crippen LogP contribution is -2.45. The second kappa shape index (κ2) is 10.2. The third-order valence-corrected chi connectivity index (χ3v) is 17.7. The van der Waals surface area contributed by atoms with Crippen molar-refractivity contribution < 1.29 is 0 Å². The minimum Gasteiger partial charge on any atom is -0.308 e. The number of fused-ring (bicyclic) bond motifs is 14. The molecule has 9 aromatic rings. The molecule has 0 amide bonds. The zero-order valence-corrected chi connectivity index (χ0v) is 36.1. The quantitative estimate of drug-likeness (QED) is 0.154. The van der Waals surface area contributed by atoms with Gasteiger partial charge in [-0.2, -0.15) is 5.26 Å². The Morgan fingerprint density at radius 1 is 0.576 bits per heavy atom. The molecular weight excluding hydrogens is 717 g/mol. The van der Waals surface area contributed by atoms with Gasteiger partial charge in [0.2, 0.25) is 0 Å². The van der Waals surface area contributed by atoms with Crippen LogP contribution >= 0.6 is 0 Å². The Kier molecular flexibility index (Phi) is 5.84. The lowest BCUT2D eigenvalue weighted by atomic mass is 9.53. The highest BCUT2D eigenvalue weighted by Crippen LogP contribution is 2.61. The van der Waals surface area contributed by atoms with Gasteiger partial charge in [-0.15, -0.1) is 0 Å². The van der Waals surface area contributed by atoms with Gasteiger partial charge >= 0.3 is 0 Å². The van der Waals surface area contributed by atoms with Crippen LogP contribution in [0, 0.1) is 23.2 Å². The molecule has 4 aromatic carbocycles. The summed E-state index contributed by atoms with van der Waals surface area (Å²) < 4.78 is 5.21. The zero-order chi connectivity index (χ0) is 40.0. The fourth-order valence-electron chi connectivity index (χ4n) is 14.8. The number of aromatic nitrogens is 3. The van der Waals surface area contributed by atoms with E-state index >= 15 is 0 Å². The van der Waals surface area contributed by atoms with Crippen molar-refractivity contribution in [3.8, 4) is 6.07 Å². The molecule has 7 aliphatic rings. The molecule has 7 aliphatic carbocycles. The van der Waals surface area contributed by atoms with Crippen LogP contribution in [0.15, 0.2) is 48.7 Å². The molecule has 3 fully saturated rings. The summed E-state index contributed by atoms with van der Waals surface area (Å²) in [5, 5.41) is 22.0. The number of benzene rings is 4. The van der Waals surface area contributed by atoms with Crippen LogP contribution in [0.25, 0.3) is 76.2 Å². The molecule has 4 heteroatoms. The Bertz CT molecular complexity index is 3430. The summed E-state index contributed by atoms with van der Waals surface area (Å²) >= 11 is 0. The highest BCUT2D eigenvalue weighted by molar-refractivity contribution is 6.30. The SMILES string of the molecule is CC(C)(C)c1cc2c3cc4c(cc3n3c5cc(C#N)c6c(c5c(c1)c23)C1CC2CC(CC6C2)C1)c1cc(C(C)(C)C)cc2c3c5c(ncc3n4c12)C1(C)CCC5(C)CC1. The molecule has 2 unspecified atom stereocenters. The molecule has 4 nitrogen and oxygen atoms in total. The summed E-state index contributed by atoms with van der Waals surface area (Å²) in [5.41, 5.74) is 17.6. The van der Waals surface area contributed by atoms with E-state index in [4.69, 9.17) is 4.98 Å². The van der Waals surface area contributed by atoms with Crippen LogP contribution in [0.4, 0.5) is 0 Å². The van der Waals surface area contributed by atoms with Gasteiger partial charge in [-0.25, -0.2) is 0 Å². The first-order chi connectivity index (χ1) is 28.1. The number of hydrogen-bond acceptors (Lipinski definition) is 2. The Hall–Kier alpha value is -4.88. The highest BCUT2D eigenvalue weighted by Gasteiger charge is 2.50. The van der Waals surface area contributed by atoms with Crippen LogP contribution in [0.2, 0.25) is 0 Å². The molecule has 0 N–H and O–H groups in total. The third kappa shape index (κ3) is 3.92. The van der Waals surface area contributed by atoms with E-state index in [1.807, 2.05) is 0 Å². The monoisotopic (exact) mass is 770 g/mol. The molecule has 6 bridgehead atoms. The van der Waals surface area contributed by atoms with E-state index in [-0.39, 0.29) is 21.7 Å². The summed E-state index contributed by atoms with van der Waals surface area (Å²) in [6, 6.07) is 20.4. The molecule has 0 saturated heterocycles. The van der Waals surface area contributed by atoms with E-state index < -0.39 is 0 Å². The standard InChI is InChI=1S/C55H54N4/c1-52(2,3)32-19-36-34-24-41-35(23-40(34)58-42-18-31(25-56)44-29-14-27-13-28(15-29)17-30(16-27)45(44)46(42)38(21-32)49(36)58)37-20-33(53(4,5)6)22-39-47-43(59(41)50(37)39)26-57-51-48(47)54(7)9-11-55(51,8)12-10-54/h18-24,26-30H,9-17H2,1-8H3. The topological polar surface area (TPSA) is 45.5 Å². The second-order valence-electron chi connectivity index (χ2n) is 23.3. The zero-order valence-electron chi connectivity index (χ0n) is 36.1. The van der Waals surface area contributed by atoms with E-state index in [0.29, 0.717) is 11.8 Å². The molecular formula is C55H54N4. The van der Waals surface area contributed by atoms with Gasteiger partial charge in [-0.3, -0.25) is 4.98 Å². The van der Waals surface area contributed by atoms with E-state index in [1.54, 1.807) is 5.56 Å². The molecule has 0 aliphatic heterocycles. The first-order valence-corrected chi connectivity index (χ1v) is 23.0. The Balaban J connectivity index is 1.18. The fraction of sp³-hybridized carbons (Fsp3) is 0.455. The summed E-state index contributed by atoms with van der Waals surface area (Å²) in [5.74, 6) is 2.66. The number of pyridine rings is 1. The van der Waals surface area contributed by atoms with Gasteiger partial charge in [0, 0.05) is 48.5 Å². The molecule has 16 rings (SSSR count). The van der Waals surface area contributed by atoms with Crippen molar-refractivity contribution >= 4 is 76.2 Å². The normalized spacial score (nSPS) is 27.8. The predicted octanol–water partition coefficient (Wildman–Crippen LogP) is 14.3. The van der Waals surface area contributed by atoms with Crippen molar-refractivity contribution in [1.82, 2.24) is 13.8 Å². The maximum Gasteiger partial charge on any atom is 0.0995 e. The van der Waals surface area contributed by atoms with Gasteiger partial charge in [-0.05, 0) is 168 Å². The van der Waals surface area contributed by atoms with Crippen molar-refractivity contribution in [3.05, 3.63) is 87.7 Å². The Labute approximate surface area is 346 Å². The summed E-state index contributed by atoms with van der Waals surface area (Å²) in [4.78, 5) is 5.46. The lowest BCUT2D eigenvalue weighted by Gasteiger charge is -2.51. The lowest BCUT2D eigenvalue weighted by molar-refractivity contribution is 0.166. The van der Waals surface area contributed by atoms with Crippen molar-refractivity contribution in [2.75, 3.05) is 0 Å². The second-order valence-corrected chi connectivity index (χ2v) is 23.3. The van der Waals surface area contributed by atoms with Gasteiger partial charge in [0.1, 0.15) is 0 Å². The van der Waals surface area contributed by atoms with Gasteiger partial charge in [0.05, 0.1) is 56.6 Å². The molecule has 59 heavy (non-hydrogen) atoms. The summed E-state index contributed by atoms with van der Waals surface area (Å²) in [6.07, 6.45) is 13.7. The largest absolute Gasteiger partial charge is 0.308 e. The Morgan fingerprint density at radius 2 is 1.08 bits per heavy atom. The molecule has 2 atom stereocenters. The van der Waals surface area contributed by atoms with Crippen LogP contribution in [0.3, 0.4) is 0 Å². The van der Waals surface area contributed by atoms with Crippen molar-refractivity contribution in [1.29, 1.82) is 5.26 Å². The molecule has 3 saturated carbocycles. The summed E-state index contributed by atoms with van der Waals surface area (Å²) in [6.45, 7) is 19.3. The molecule has 0 radical (unpaired) electrons. The van der Waals surface area contributed by atoms with Crippen LogP contribution in [-0.4, -0.2) is 13.8 Å². The van der Waals surface area contributed by atoms with Crippen LogP contribution < -0.4 is 0 Å². The molecule has 5 heterocycles. The van der Waals surface area contributed by atoms with E-state index in [1.165, 1.54) is 162 Å². The van der Waals surface area contributed by atoms with Crippen LogP contribution in [0.5, 0.6) is 0 Å². The molecule has 294 valence electrons. The number of hydrogen-bond donors (Lipinski definition) is 0. The van der Waals surface area contributed by atoms with Gasteiger partial charge < -0.3 is 8.80 Å². The first kappa shape index (κ1) is 33.9. The number of nitrogens with zero attached hydrogens (tertiary/aromatic N) is 4. The van der Waals surface area contributed by atoms with E-state index in [9.17, 15) is 5.26 Å². The number of nitriles is 1. The van der Waals surface area contributed by atoms with Crippen LogP contribution in [0.1, 0.15) is 164 Å². The van der Waals surface area contributed by atoms with Crippen molar-refractivity contribution in [3.63, 3.8) is 0 Å². The number of rotatable bonds is 0. The van der Waals surface area contributed by atoms with Gasteiger partial charge in [0.25, 0.3) is 0 Å². The minimum atomic E-state index is -0.0149. The Morgan fingerprint density at radius 3 is 1.64 bits per heavy atom. The smallest absolute Gasteiger partial charge is 0.0995 e. The van der Waals surface area contributed by atoms with E-state index in [2.05, 4.69) is 119 Å². The maximum absolute atomic E-state index is 11.0. The van der Waals surface area contributed by atoms with Gasteiger partial charge in [-0.1, -0.05) is 55.4 Å². The highest BCUT2D eigenvalue weighted by atomic mass is 15.0.